The van der Waals surface area contributed by atoms with Gasteiger partial charge in [0.1, 0.15) is 0 Å². The van der Waals surface area contributed by atoms with Gasteiger partial charge in [0.25, 0.3) is 0 Å². The van der Waals surface area contributed by atoms with Gasteiger partial charge in [0.2, 0.25) is 0 Å². The SMILES string of the molecule is Cc1ccc2c(c1)c1c(n2Cc2ccc(C)c(C)c2)CNCC1.Cl. The summed E-state index contributed by atoms with van der Waals surface area (Å²) < 4.78 is 2.51. The van der Waals surface area contributed by atoms with Crippen LogP contribution in [0, 0.1) is 20.8 Å². The molecule has 2 heterocycles. The normalized spacial score (nSPS) is 13.6. The van der Waals surface area contributed by atoms with Crippen LogP contribution >= 0.6 is 12.4 Å². The fraction of sp³-hybridized carbons (Fsp3) is 0.333. The van der Waals surface area contributed by atoms with Crippen molar-refractivity contribution < 1.29 is 0 Å². The van der Waals surface area contributed by atoms with Crippen LogP contribution in [-0.2, 0) is 19.5 Å². The van der Waals surface area contributed by atoms with E-state index in [1.54, 1.807) is 5.56 Å². The minimum atomic E-state index is 0. The van der Waals surface area contributed by atoms with Crippen molar-refractivity contribution in [3.05, 3.63) is 69.9 Å². The lowest BCUT2D eigenvalue weighted by atomic mass is 10.0. The highest BCUT2D eigenvalue weighted by atomic mass is 35.5. The first-order chi connectivity index (χ1) is 11.1. The highest BCUT2D eigenvalue weighted by Gasteiger charge is 2.19. The number of hydrogen-bond donors (Lipinski definition) is 1. The van der Waals surface area contributed by atoms with Crippen molar-refractivity contribution in [2.24, 2.45) is 0 Å². The Bertz CT molecular complexity index is 892. The second kappa shape index (κ2) is 6.62. The maximum Gasteiger partial charge on any atom is 0.0489 e. The second-order valence-corrected chi connectivity index (χ2v) is 6.88. The zero-order chi connectivity index (χ0) is 16.0. The van der Waals surface area contributed by atoms with E-state index in [0.29, 0.717) is 0 Å². The number of aryl methyl sites for hydroxylation is 3. The van der Waals surface area contributed by atoms with Crippen molar-refractivity contribution in [2.75, 3.05) is 6.54 Å². The summed E-state index contributed by atoms with van der Waals surface area (Å²) >= 11 is 0. The third-order valence-corrected chi connectivity index (χ3v) is 5.20. The Morgan fingerprint density at radius 2 is 1.83 bits per heavy atom. The first-order valence-corrected chi connectivity index (χ1v) is 8.51. The minimum Gasteiger partial charge on any atom is -0.339 e. The molecule has 0 fully saturated rings. The molecule has 0 atom stereocenters. The standard InChI is InChI=1S/C21H24N2.ClH/c1-14-4-7-20-19(10-14)18-8-9-22-12-21(18)23(20)13-17-6-5-15(2)16(3)11-17;/h4-7,10-11,22H,8-9,12-13H2,1-3H3;1H. The number of nitrogens with zero attached hydrogens (tertiary/aromatic N) is 1. The van der Waals surface area contributed by atoms with E-state index in [0.717, 1.165) is 26.1 Å². The van der Waals surface area contributed by atoms with Gasteiger partial charge in [-0.15, -0.1) is 12.4 Å². The van der Waals surface area contributed by atoms with E-state index in [-0.39, 0.29) is 12.4 Å². The van der Waals surface area contributed by atoms with Crippen LogP contribution in [0.15, 0.2) is 36.4 Å². The van der Waals surface area contributed by atoms with Gasteiger partial charge in [-0.25, -0.2) is 0 Å². The Balaban J connectivity index is 0.00000169. The summed E-state index contributed by atoms with van der Waals surface area (Å²) in [6.45, 7) is 9.59. The van der Waals surface area contributed by atoms with Crippen LogP contribution in [0.2, 0.25) is 0 Å². The molecular weight excluding hydrogens is 316 g/mol. The number of rotatable bonds is 2. The number of nitrogens with one attached hydrogen (secondary N) is 1. The third kappa shape index (κ3) is 2.85. The topological polar surface area (TPSA) is 17.0 Å². The molecule has 2 nitrogen and oxygen atoms in total. The Hall–Kier alpha value is -1.77. The van der Waals surface area contributed by atoms with E-state index in [2.05, 4.69) is 67.1 Å². The molecule has 0 radical (unpaired) electrons. The summed E-state index contributed by atoms with van der Waals surface area (Å²) in [5.74, 6) is 0. The largest absolute Gasteiger partial charge is 0.339 e. The number of hydrogen-bond acceptors (Lipinski definition) is 1. The van der Waals surface area contributed by atoms with Crippen LogP contribution < -0.4 is 5.32 Å². The third-order valence-electron chi connectivity index (χ3n) is 5.20. The molecule has 0 aliphatic carbocycles. The van der Waals surface area contributed by atoms with E-state index >= 15 is 0 Å². The molecule has 126 valence electrons. The van der Waals surface area contributed by atoms with Crippen LogP contribution in [-0.4, -0.2) is 11.1 Å². The van der Waals surface area contributed by atoms with E-state index < -0.39 is 0 Å². The van der Waals surface area contributed by atoms with Crippen molar-refractivity contribution in [1.29, 1.82) is 0 Å². The highest BCUT2D eigenvalue weighted by molar-refractivity contribution is 5.86. The average Bonchev–Trinajstić information content (AvgIpc) is 2.85. The fourth-order valence-corrected chi connectivity index (χ4v) is 3.76. The maximum absolute atomic E-state index is 3.54. The van der Waals surface area contributed by atoms with Gasteiger partial charge in [0.05, 0.1) is 0 Å². The predicted octanol–water partition coefficient (Wildman–Crippen LogP) is 4.68. The zero-order valence-electron chi connectivity index (χ0n) is 14.6. The summed E-state index contributed by atoms with van der Waals surface area (Å²) in [6, 6.07) is 13.7. The summed E-state index contributed by atoms with van der Waals surface area (Å²) in [5.41, 5.74) is 9.87. The summed E-state index contributed by atoms with van der Waals surface area (Å²) in [5, 5.41) is 4.99. The smallest absolute Gasteiger partial charge is 0.0489 e. The van der Waals surface area contributed by atoms with Crippen LogP contribution in [0.4, 0.5) is 0 Å². The van der Waals surface area contributed by atoms with E-state index in [1.165, 1.54) is 38.9 Å². The number of fused-ring (bicyclic) bond motifs is 3. The van der Waals surface area contributed by atoms with Gasteiger partial charge in [-0.05, 0) is 68.1 Å². The molecule has 1 aliphatic rings. The van der Waals surface area contributed by atoms with Crippen molar-refractivity contribution in [3.8, 4) is 0 Å². The van der Waals surface area contributed by atoms with Gasteiger partial charge >= 0.3 is 0 Å². The molecule has 24 heavy (non-hydrogen) atoms. The van der Waals surface area contributed by atoms with Crippen LogP contribution in [0.1, 0.15) is 33.5 Å². The molecule has 0 bridgehead atoms. The molecule has 4 rings (SSSR count). The Labute approximate surface area is 150 Å². The molecular formula is C21H25ClN2. The molecule has 2 aromatic carbocycles. The summed E-state index contributed by atoms with van der Waals surface area (Å²) in [4.78, 5) is 0. The molecule has 1 N–H and O–H groups in total. The summed E-state index contributed by atoms with van der Waals surface area (Å²) in [6.07, 6.45) is 1.13. The number of halogens is 1. The van der Waals surface area contributed by atoms with Gasteiger partial charge in [-0.1, -0.05) is 29.8 Å². The number of benzene rings is 2. The van der Waals surface area contributed by atoms with Crippen molar-refractivity contribution in [3.63, 3.8) is 0 Å². The monoisotopic (exact) mass is 340 g/mol. The van der Waals surface area contributed by atoms with Gasteiger partial charge in [-0.2, -0.15) is 0 Å². The predicted molar refractivity (Wildman–Crippen MR) is 104 cm³/mol. The zero-order valence-corrected chi connectivity index (χ0v) is 15.5. The molecule has 0 amide bonds. The van der Waals surface area contributed by atoms with E-state index in [9.17, 15) is 0 Å². The van der Waals surface area contributed by atoms with E-state index in [4.69, 9.17) is 0 Å². The van der Waals surface area contributed by atoms with E-state index in [1.807, 2.05) is 0 Å². The lowest BCUT2D eigenvalue weighted by Gasteiger charge is -2.17. The molecule has 1 aromatic heterocycles. The first-order valence-electron chi connectivity index (χ1n) is 8.51. The fourth-order valence-electron chi connectivity index (χ4n) is 3.76. The Morgan fingerprint density at radius 1 is 1.00 bits per heavy atom. The lowest BCUT2D eigenvalue weighted by Crippen LogP contribution is -2.25. The van der Waals surface area contributed by atoms with Crippen LogP contribution in [0.5, 0.6) is 0 Å². The maximum atomic E-state index is 3.54. The number of aromatic nitrogens is 1. The van der Waals surface area contributed by atoms with Crippen molar-refractivity contribution in [1.82, 2.24) is 9.88 Å². The molecule has 3 aromatic rings. The quantitative estimate of drug-likeness (QED) is 0.716. The molecule has 0 spiro atoms. The van der Waals surface area contributed by atoms with Gasteiger partial charge < -0.3 is 9.88 Å². The minimum absolute atomic E-state index is 0. The molecule has 3 heteroatoms. The lowest BCUT2D eigenvalue weighted by molar-refractivity contribution is 0.602. The molecule has 0 saturated heterocycles. The molecule has 0 unspecified atom stereocenters. The van der Waals surface area contributed by atoms with Gasteiger partial charge in [0.15, 0.2) is 0 Å². The Morgan fingerprint density at radius 3 is 2.62 bits per heavy atom. The van der Waals surface area contributed by atoms with Crippen molar-refractivity contribution >= 4 is 23.3 Å². The van der Waals surface area contributed by atoms with Crippen molar-refractivity contribution in [2.45, 2.75) is 40.3 Å². The van der Waals surface area contributed by atoms with Gasteiger partial charge in [-0.3, -0.25) is 0 Å². The molecule has 0 saturated carbocycles. The van der Waals surface area contributed by atoms with Gasteiger partial charge in [0, 0.05) is 29.7 Å². The molecule has 1 aliphatic heterocycles. The van der Waals surface area contributed by atoms with Crippen LogP contribution in [0.25, 0.3) is 10.9 Å². The second-order valence-electron chi connectivity index (χ2n) is 6.88. The Kier molecular flexibility index (Phi) is 4.71. The first kappa shape index (κ1) is 17.1. The average molecular weight is 341 g/mol. The summed E-state index contributed by atoms with van der Waals surface area (Å²) in [7, 11) is 0. The highest BCUT2D eigenvalue weighted by Crippen LogP contribution is 2.30. The van der Waals surface area contributed by atoms with Crippen LogP contribution in [0.3, 0.4) is 0 Å².